The Bertz CT molecular complexity index is 504. The highest BCUT2D eigenvalue weighted by molar-refractivity contribution is 9.09. The smallest absolute Gasteiger partial charge is 0.293 e. The Morgan fingerprint density at radius 1 is 1.41 bits per heavy atom. The van der Waals surface area contributed by atoms with E-state index in [0.29, 0.717) is 12.1 Å². The second kappa shape index (κ2) is 4.84. The molecule has 0 N–H and O–H groups in total. The maximum absolute atomic E-state index is 13.3. The van der Waals surface area contributed by atoms with Crippen LogP contribution in [0.4, 0.5) is 17.6 Å². The summed E-state index contributed by atoms with van der Waals surface area (Å²) >= 11 is 2.73. The van der Waals surface area contributed by atoms with E-state index < -0.39 is 34.5 Å². The van der Waals surface area contributed by atoms with Crippen LogP contribution in [0.2, 0.25) is 0 Å². The summed E-state index contributed by atoms with van der Waals surface area (Å²) in [4.78, 5) is 11.2. The Balaban J connectivity index is 3.50. The van der Waals surface area contributed by atoms with Crippen molar-refractivity contribution in [2.45, 2.75) is 6.18 Å². The first-order chi connectivity index (χ1) is 7.81. The van der Waals surface area contributed by atoms with Gasteiger partial charge in [0.15, 0.2) is 5.78 Å². The topological polar surface area (TPSA) is 40.9 Å². The zero-order valence-electron chi connectivity index (χ0n) is 8.11. The summed E-state index contributed by atoms with van der Waals surface area (Å²) < 4.78 is 50.8. The van der Waals surface area contributed by atoms with E-state index in [1.165, 1.54) is 6.07 Å². The van der Waals surface area contributed by atoms with Crippen molar-refractivity contribution in [3.05, 3.63) is 34.6 Å². The molecule has 0 amide bonds. The molecular formula is C10H4BrF4NO. The van der Waals surface area contributed by atoms with E-state index in [-0.39, 0.29) is 5.33 Å². The minimum absolute atomic E-state index is 0.298. The fourth-order valence-corrected chi connectivity index (χ4v) is 1.49. The molecule has 0 atom stereocenters. The van der Waals surface area contributed by atoms with Gasteiger partial charge in [-0.25, -0.2) is 4.39 Å². The molecule has 0 aliphatic rings. The predicted molar refractivity (Wildman–Crippen MR) is 54.2 cm³/mol. The first-order valence-electron chi connectivity index (χ1n) is 4.21. The molecule has 0 spiro atoms. The largest absolute Gasteiger partial charge is 0.417 e. The van der Waals surface area contributed by atoms with Crippen molar-refractivity contribution in [3.63, 3.8) is 0 Å². The van der Waals surface area contributed by atoms with E-state index in [0.717, 1.165) is 0 Å². The number of halogens is 5. The second-order valence-electron chi connectivity index (χ2n) is 3.04. The molecule has 0 saturated carbocycles. The van der Waals surface area contributed by atoms with Crippen molar-refractivity contribution < 1.29 is 22.4 Å². The number of hydrogen-bond donors (Lipinski definition) is 0. The first kappa shape index (κ1) is 13.6. The lowest BCUT2D eigenvalue weighted by molar-refractivity contribution is -0.137. The standard InChI is InChI=1S/C10H4BrF4NO/c11-3-9(17)6-2-7(10(13,14)15)5(4-16)1-8(6)12/h1-2H,3H2. The number of rotatable bonds is 2. The Morgan fingerprint density at radius 2 is 2.00 bits per heavy atom. The molecule has 0 aromatic heterocycles. The summed E-state index contributed by atoms with van der Waals surface area (Å²) in [5.74, 6) is -1.96. The lowest BCUT2D eigenvalue weighted by atomic mass is 10.0. The van der Waals surface area contributed by atoms with Gasteiger partial charge in [0.1, 0.15) is 5.82 Å². The Hall–Kier alpha value is -1.42. The maximum atomic E-state index is 13.3. The third-order valence-electron chi connectivity index (χ3n) is 1.95. The molecule has 7 heteroatoms. The summed E-state index contributed by atoms with van der Waals surface area (Å²) in [6.45, 7) is 0. The van der Waals surface area contributed by atoms with E-state index in [4.69, 9.17) is 5.26 Å². The first-order valence-corrected chi connectivity index (χ1v) is 5.33. The van der Waals surface area contributed by atoms with Gasteiger partial charge in [0, 0.05) is 0 Å². The number of nitrogens with zero attached hydrogens (tertiary/aromatic N) is 1. The molecule has 1 rings (SSSR count). The van der Waals surface area contributed by atoms with Crippen molar-refractivity contribution in [1.82, 2.24) is 0 Å². The zero-order valence-corrected chi connectivity index (χ0v) is 9.69. The Morgan fingerprint density at radius 3 is 2.41 bits per heavy atom. The van der Waals surface area contributed by atoms with E-state index in [2.05, 4.69) is 15.9 Å². The van der Waals surface area contributed by atoms with Crippen LogP contribution in [0.15, 0.2) is 12.1 Å². The summed E-state index contributed by atoms with van der Waals surface area (Å²) in [5, 5.41) is 8.18. The van der Waals surface area contributed by atoms with E-state index in [1.807, 2.05) is 0 Å². The molecular weight excluding hydrogens is 306 g/mol. The van der Waals surface area contributed by atoms with Crippen LogP contribution in [0.25, 0.3) is 0 Å². The molecule has 1 aromatic carbocycles. The molecule has 0 aliphatic heterocycles. The van der Waals surface area contributed by atoms with Gasteiger partial charge in [-0.3, -0.25) is 4.79 Å². The van der Waals surface area contributed by atoms with Crippen LogP contribution in [0, 0.1) is 17.1 Å². The SMILES string of the molecule is N#Cc1cc(F)c(C(=O)CBr)cc1C(F)(F)F. The van der Waals surface area contributed by atoms with Gasteiger partial charge in [-0.2, -0.15) is 18.4 Å². The van der Waals surface area contributed by atoms with Gasteiger partial charge in [-0.1, -0.05) is 15.9 Å². The highest BCUT2D eigenvalue weighted by Gasteiger charge is 2.35. The number of Topliss-reactive ketones (excluding diaryl/α,β-unsaturated/α-hetero) is 1. The van der Waals surface area contributed by atoms with Crippen LogP contribution >= 0.6 is 15.9 Å². The molecule has 0 aliphatic carbocycles. The highest BCUT2D eigenvalue weighted by Crippen LogP contribution is 2.33. The summed E-state index contributed by atoms with van der Waals surface area (Å²) in [6, 6.07) is 2.02. The zero-order chi connectivity index (χ0) is 13.2. The number of carbonyl (C=O) groups excluding carboxylic acids is 1. The molecule has 90 valence electrons. The van der Waals surface area contributed by atoms with Crippen molar-refractivity contribution >= 4 is 21.7 Å². The summed E-state index contributed by atoms with van der Waals surface area (Å²) in [6.07, 6.45) is -4.81. The normalized spacial score (nSPS) is 11.1. The fraction of sp³-hybridized carbons (Fsp3) is 0.200. The van der Waals surface area contributed by atoms with E-state index in [1.54, 1.807) is 0 Å². The Labute approximate surface area is 102 Å². The third-order valence-corrected chi connectivity index (χ3v) is 2.46. The average Bonchev–Trinajstić information content (AvgIpc) is 2.25. The fourth-order valence-electron chi connectivity index (χ4n) is 1.19. The number of carbonyl (C=O) groups is 1. The number of benzene rings is 1. The van der Waals surface area contributed by atoms with Crippen LogP contribution in [-0.4, -0.2) is 11.1 Å². The molecule has 0 unspecified atom stereocenters. The van der Waals surface area contributed by atoms with Gasteiger partial charge in [-0.05, 0) is 12.1 Å². The maximum Gasteiger partial charge on any atom is 0.417 e. The van der Waals surface area contributed by atoms with Gasteiger partial charge in [0.05, 0.1) is 28.1 Å². The molecule has 0 saturated heterocycles. The lowest BCUT2D eigenvalue weighted by Crippen LogP contribution is -2.12. The van der Waals surface area contributed by atoms with Gasteiger partial charge >= 0.3 is 6.18 Å². The number of ketones is 1. The van der Waals surface area contributed by atoms with E-state index >= 15 is 0 Å². The van der Waals surface area contributed by atoms with Crippen molar-refractivity contribution in [1.29, 1.82) is 5.26 Å². The summed E-state index contributed by atoms with van der Waals surface area (Å²) in [7, 11) is 0. The second-order valence-corrected chi connectivity index (χ2v) is 3.60. The van der Waals surface area contributed by atoms with Crippen molar-refractivity contribution in [2.24, 2.45) is 0 Å². The van der Waals surface area contributed by atoms with Gasteiger partial charge in [0.2, 0.25) is 0 Å². The molecule has 0 heterocycles. The summed E-state index contributed by atoms with van der Waals surface area (Å²) in [5.41, 5.74) is -2.85. The van der Waals surface area contributed by atoms with Crippen molar-refractivity contribution in [3.8, 4) is 6.07 Å². The average molecular weight is 310 g/mol. The molecule has 2 nitrogen and oxygen atoms in total. The molecule has 0 radical (unpaired) electrons. The van der Waals surface area contributed by atoms with Crippen LogP contribution < -0.4 is 0 Å². The third kappa shape index (κ3) is 2.82. The Kier molecular flexibility index (Phi) is 3.88. The van der Waals surface area contributed by atoms with Crippen LogP contribution in [-0.2, 0) is 6.18 Å². The predicted octanol–water partition coefficient (Wildman–Crippen LogP) is 3.29. The quantitative estimate of drug-likeness (QED) is 0.478. The monoisotopic (exact) mass is 309 g/mol. The lowest BCUT2D eigenvalue weighted by Gasteiger charge is -2.10. The van der Waals surface area contributed by atoms with Crippen LogP contribution in [0.1, 0.15) is 21.5 Å². The number of nitriles is 1. The van der Waals surface area contributed by atoms with E-state index in [9.17, 15) is 22.4 Å². The van der Waals surface area contributed by atoms with Crippen molar-refractivity contribution in [2.75, 3.05) is 5.33 Å². The van der Waals surface area contributed by atoms with Crippen LogP contribution in [0.3, 0.4) is 0 Å². The molecule has 0 bridgehead atoms. The minimum Gasteiger partial charge on any atom is -0.293 e. The van der Waals surface area contributed by atoms with Gasteiger partial charge < -0.3 is 0 Å². The molecule has 0 fully saturated rings. The molecule has 17 heavy (non-hydrogen) atoms. The van der Waals surface area contributed by atoms with Gasteiger partial charge in [-0.15, -0.1) is 0 Å². The van der Waals surface area contributed by atoms with Gasteiger partial charge in [0.25, 0.3) is 0 Å². The van der Waals surface area contributed by atoms with Crippen LogP contribution in [0.5, 0.6) is 0 Å². The molecule has 1 aromatic rings. The highest BCUT2D eigenvalue weighted by atomic mass is 79.9. The number of hydrogen-bond acceptors (Lipinski definition) is 2. The minimum atomic E-state index is -4.81. The number of alkyl halides is 4.